The van der Waals surface area contributed by atoms with Gasteiger partial charge in [0.15, 0.2) is 5.76 Å². The van der Waals surface area contributed by atoms with Crippen molar-refractivity contribution < 1.29 is 14.0 Å². The molecule has 0 aliphatic carbocycles. The molecular weight excluding hydrogens is 286 g/mol. The molecule has 0 N–H and O–H groups in total. The fourth-order valence-electron chi connectivity index (χ4n) is 1.32. The zero-order valence-corrected chi connectivity index (χ0v) is 10.9. The number of halogens is 1. The van der Waals surface area contributed by atoms with E-state index in [-0.39, 0.29) is 0 Å². The summed E-state index contributed by atoms with van der Waals surface area (Å²) in [5.41, 5.74) is 0.750. The Morgan fingerprint density at radius 3 is 2.71 bits per heavy atom. The molecular formula is C12H12BrNO3. The first-order chi connectivity index (χ1) is 8.28. The Morgan fingerprint density at radius 1 is 1.24 bits per heavy atom. The van der Waals surface area contributed by atoms with Gasteiger partial charge in [0.2, 0.25) is 0 Å². The van der Waals surface area contributed by atoms with Crippen LogP contribution in [0.3, 0.4) is 0 Å². The zero-order valence-electron chi connectivity index (χ0n) is 9.35. The highest BCUT2D eigenvalue weighted by molar-refractivity contribution is 9.10. The lowest BCUT2D eigenvalue weighted by Crippen LogP contribution is -1.95. The molecule has 0 aliphatic heterocycles. The van der Waals surface area contributed by atoms with E-state index in [0.29, 0.717) is 19.0 Å². The van der Waals surface area contributed by atoms with Crippen LogP contribution in [0.1, 0.15) is 11.5 Å². The lowest BCUT2D eigenvalue weighted by atomic mass is 10.3. The van der Waals surface area contributed by atoms with E-state index in [9.17, 15) is 0 Å². The quantitative estimate of drug-likeness (QED) is 0.850. The molecule has 0 fully saturated rings. The standard InChI is InChI=1S/C12H12BrNO3/c1-15-8-12-6-10(14-17-12)7-16-11-4-2-9(13)3-5-11/h2-6H,7-8H2,1H3. The molecule has 90 valence electrons. The van der Waals surface area contributed by atoms with Crippen LogP contribution in [-0.2, 0) is 18.0 Å². The molecule has 0 saturated carbocycles. The van der Waals surface area contributed by atoms with Gasteiger partial charge < -0.3 is 14.0 Å². The van der Waals surface area contributed by atoms with Crippen LogP contribution in [0, 0.1) is 0 Å². The topological polar surface area (TPSA) is 44.5 Å². The first-order valence-electron chi connectivity index (χ1n) is 5.09. The molecule has 0 bridgehead atoms. The minimum Gasteiger partial charge on any atom is -0.487 e. The second kappa shape index (κ2) is 5.84. The van der Waals surface area contributed by atoms with Gasteiger partial charge in [-0.15, -0.1) is 0 Å². The van der Waals surface area contributed by atoms with Gasteiger partial charge in [0.05, 0.1) is 0 Å². The van der Waals surface area contributed by atoms with Crippen molar-refractivity contribution in [1.29, 1.82) is 0 Å². The number of hydrogen-bond donors (Lipinski definition) is 0. The molecule has 0 atom stereocenters. The van der Waals surface area contributed by atoms with Crippen molar-refractivity contribution >= 4 is 15.9 Å². The summed E-state index contributed by atoms with van der Waals surface area (Å²) in [6.45, 7) is 0.806. The van der Waals surface area contributed by atoms with Crippen molar-refractivity contribution in [2.75, 3.05) is 7.11 Å². The molecule has 17 heavy (non-hydrogen) atoms. The average molecular weight is 298 g/mol. The molecule has 1 heterocycles. The summed E-state index contributed by atoms with van der Waals surface area (Å²) in [6.07, 6.45) is 0. The molecule has 0 saturated heterocycles. The van der Waals surface area contributed by atoms with Gasteiger partial charge in [-0.3, -0.25) is 0 Å². The highest BCUT2D eigenvalue weighted by atomic mass is 79.9. The predicted octanol–water partition coefficient (Wildman–Crippen LogP) is 3.16. The van der Waals surface area contributed by atoms with Crippen molar-refractivity contribution in [2.24, 2.45) is 0 Å². The van der Waals surface area contributed by atoms with E-state index in [4.69, 9.17) is 14.0 Å². The minimum absolute atomic E-state index is 0.384. The second-order valence-electron chi connectivity index (χ2n) is 3.46. The lowest BCUT2D eigenvalue weighted by Gasteiger charge is -2.02. The minimum atomic E-state index is 0.384. The Kier molecular flexibility index (Phi) is 4.17. The summed E-state index contributed by atoms with van der Waals surface area (Å²) in [4.78, 5) is 0. The van der Waals surface area contributed by atoms with Crippen LogP contribution in [0.15, 0.2) is 39.3 Å². The van der Waals surface area contributed by atoms with Crippen LogP contribution in [0.2, 0.25) is 0 Å². The zero-order chi connectivity index (χ0) is 12.1. The molecule has 0 radical (unpaired) electrons. The molecule has 2 rings (SSSR count). The average Bonchev–Trinajstić information content (AvgIpc) is 2.77. The maximum atomic E-state index is 5.55. The van der Waals surface area contributed by atoms with Crippen LogP contribution < -0.4 is 4.74 Å². The Hall–Kier alpha value is -1.33. The summed E-state index contributed by atoms with van der Waals surface area (Å²) < 4.78 is 16.6. The monoisotopic (exact) mass is 297 g/mol. The third kappa shape index (κ3) is 3.57. The van der Waals surface area contributed by atoms with Gasteiger partial charge in [-0.2, -0.15) is 0 Å². The van der Waals surface area contributed by atoms with Gasteiger partial charge in [-0.1, -0.05) is 21.1 Å². The Morgan fingerprint density at radius 2 is 2.00 bits per heavy atom. The molecule has 5 heteroatoms. The maximum Gasteiger partial charge on any atom is 0.162 e. The largest absolute Gasteiger partial charge is 0.487 e. The highest BCUT2D eigenvalue weighted by Crippen LogP contribution is 2.17. The third-order valence-electron chi connectivity index (χ3n) is 2.09. The van der Waals surface area contributed by atoms with E-state index in [2.05, 4.69) is 21.1 Å². The van der Waals surface area contributed by atoms with Crippen LogP contribution in [0.5, 0.6) is 5.75 Å². The van der Waals surface area contributed by atoms with E-state index in [1.165, 1.54) is 0 Å². The molecule has 4 nitrogen and oxygen atoms in total. The van der Waals surface area contributed by atoms with Crippen LogP contribution in [-0.4, -0.2) is 12.3 Å². The first kappa shape index (κ1) is 12.1. The Balaban J connectivity index is 1.90. The van der Waals surface area contributed by atoms with E-state index in [1.807, 2.05) is 30.3 Å². The number of rotatable bonds is 5. The fourth-order valence-corrected chi connectivity index (χ4v) is 1.59. The summed E-state index contributed by atoms with van der Waals surface area (Å²) in [5.74, 6) is 1.49. The number of aromatic nitrogens is 1. The summed E-state index contributed by atoms with van der Waals surface area (Å²) in [7, 11) is 1.61. The highest BCUT2D eigenvalue weighted by Gasteiger charge is 2.04. The van der Waals surface area contributed by atoms with Crippen molar-refractivity contribution in [1.82, 2.24) is 5.16 Å². The van der Waals surface area contributed by atoms with Crippen LogP contribution in [0.25, 0.3) is 0 Å². The predicted molar refractivity (Wildman–Crippen MR) is 65.7 cm³/mol. The molecule has 0 aliphatic rings. The lowest BCUT2D eigenvalue weighted by molar-refractivity contribution is 0.155. The summed E-state index contributed by atoms with van der Waals surface area (Å²) in [5, 5.41) is 3.88. The van der Waals surface area contributed by atoms with Crippen molar-refractivity contribution in [3.63, 3.8) is 0 Å². The van der Waals surface area contributed by atoms with Gasteiger partial charge >= 0.3 is 0 Å². The maximum absolute atomic E-state index is 5.55. The molecule has 1 aromatic heterocycles. The van der Waals surface area contributed by atoms with E-state index in [0.717, 1.165) is 15.9 Å². The van der Waals surface area contributed by atoms with Crippen LogP contribution in [0.4, 0.5) is 0 Å². The van der Waals surface area contributed by atoms with Gasteiger partial charge in [-0.25, -0.2) is 0 Å². The number of ether oxygens (including phenoxy) is 2. The van der Waals surface area contributed by atoms with Gasteiger partial charge in [-0.05, 0) is 24.3 Å². The van der Waals surface area contributed by atoms with E-state index < -0.39 is 0 Å². The SMILES string of the molecule is COCc1cc(COc2ccc(Br)cc2)no1. The number of nitrogens with zero attached hydrogens (tertiary/aromatic N) is 1. The smallest absolute Gasteiger partial charge is 0.162 e. The van der Waals surface area contributed by atoms with Crippen molar-refractivity contribution in [2.45, 2.75) is 13.2 Å². The summed E-state index contributed by atoms with van der Waals surface area (Å²) in [6, 6.07) is 9.45. The Bertz CT molecular complexity index is 467. The first-order valence-corrected chi connectivity index (χ1v) is 5.89. The second-order valence-corrected chi connectivity index (χ2v) is 4.38. The molecule has 0 unspecified atom stereocenters. The van der Waals surface area contributed by atoms with E-state index >= 15 is 0 Å². The van der Waals surface area contributed by atoms with Crippen LogP contribution >= 0.6 is 15.9 Å². The van der Waals surface area contributed by atoms with Gasteiger partial charge in [0.25, 0.3) is 0 Å². The summed E-state index contributed by atoms with van der Waals surface area (Å²) >= 11 is 3.37. The molecule has 0 amide bonds. The molecule has 1 aromatic carbocycles. The molecule has 0 spiro atoms. The molecule has 2 aromatic rings. The van der Waals surface area contributed by atoms with Crippen molar-refractivity contribution in [3.8, 4) is 5.75 Å². The number of methoxy groups -OCH3 is 1. The number of hydrogen-bond acceptors (Lipinski definition) is 4. The fraction of sp³-hybridized carbons (Fsp3) is 0.250. The Labute approximate surface area is 108 Å². The van der Waals surface area contributed by atoms with E-state index in [1.54, 1.807) is 7.11 Å². The normalized spacial score (nSPS) is 10.5. The van der Waals surface area contributed by atoms with Crippen molar-refractivity contribution in [3.05, 3.63) is 46.3 Å². The third-order valence-corrected chi connectivity index (χ3v) is 2.62. The van der Waals surface area contributed by atoms with Gasteiger partial charge in [0.1, 0.15) is 24.7 Å². The van der Waals surface area contributed by atoms with Gasteiger partial charge in [0, 0.05) is 17.6 Å². The number of benzene rings is 1.